The number of aromatic carboxylic acids is 1. The first-order valence-electron chi connectivity index (χ1n) is 8.25. The molecule has 0 aromatic heterocycles. The fourth-order valence-electron chi connectivity index (χ4n) is 2.44. The fraction of sp³-hybridized carbons (Fsp3) is 0.158. The molecule has 2 aromatic carbocycles. The van der Waals surface area contributed by atoms with E-state index in [4.69, 9.17) is 5.11 Å². The molecular weight excluding hydrogens is 446 g/mol. The number of carbonyl (C=O) groups is 3. The molecule has 1 aliphatic rings. The van der Waals surface area contributed by atoms with Crippen LogP contribution >= 0.6 is 27.7 Å². The van der Waals surface area contributed by atoms with Crippen LogP contribution in [0.25, 0.3) is 0 Å². The topological polar surface area (TPSA) is 99.1 Å². The Morgan fingerprint density at radius 1 is 1.18 bits per heavy atom. The Morgan fingerprint density at radius 2 is 1.82 bits per heavy atom. The minimum Gasteiger partial charge on any atom is -0.478 e. The number of aliphatic imine (C=N–C) groups is 1. The number of hydrogen-bond donors (Lipinski definition) is 2. The highest BCUT2D eigenvalue weighted by Crippen LogP contribution is 2.29. The van der Waals surface area contributed by atoms with Crippen LogP contribution < -0.4 is 5.32 Å². The smallest absolute Gasteiger partial charge is 0.335 e. The number of nitrogens with one attached hydrogen (secondary N) is 1. The Labute approximate surface area is 174 Å². The molecule has 2 amide bonds. The molecule has 9 heteroatoms. The number of amides is 2. The summed E-state index contributed by atoms with van der Waals surface area (Å²) < 4.78 is 0.920. The largest absolute Gasteiger partial charge is 0.478 e. The van der Waals surface area contributed by atoms with Gasteiger partial charge in [0.05, 0.1) is 11.3 Å². The van der Waals surface area contributed by atoms with E-state index in [1.165, 1.54) is 40.9 Å². The third kappa shape index (κ3) is 4.79. The highest BCUT2D eigenvalue weighted by atomic mass is 79.9. The number of halogens is 1. The van der Waals surface area contributed by atoms with Crippen LogP contribution in [-0.2, 0) is 9.59 Å². The second-order valence-corrected chi connectivity index (χ2v) is 8.09. The van der Waals surface area contributed by atoms with Crippen molar-refractivity contribution in [2.45, 2.75) is 11.7 Å². The summed E-state index contributed by atoms with van der Waals surface area (Å²) in [6.07, 6.45) is 0.0551. The minimum atomic E-state index is -1.04. The lowest BCUT2D eigenvalue weighted by atomic mass is 10.2. The lowest BCUT2D eigenvalue weighted by Gasteiger charge is -2.28. The van der Waals surface area contributed by atoms with Gasteiger partial charge in [0.2, 0.25) is 11.8 Å². The van der Waals surface area contributed by atoms with Crippen LogP contribution in [0.5, 0.6) is 0 Å². The molecule has 0 unspecified atom stereocenters. The molecule has 0 aliphatic carbocycles. The molecular formula is C19H16BrN3O4S. The highest BCUT2D eigenvalue weighted by molar-refractivity contribution is 9.10. The summed E-state index contributed by atoms with van der Waals surface area (Å²) in [5, 5.41) is 11.5. The van der Waals surface area contributed by atoms with E-state index in [0.29, 0.717) is 16.5 Å². The maximum atomic E-state index is 12.6. The fourth-order valence-corrected chi connectivity index (χ4v) is 3.77. The quantitative estimate of drug-likeness (QED) is 0.722. The van der Waals surface area contributed by atoms with Gasteiger partial charge in [0.15, 0.2) is 5.17 Å². The van der Waals surface area contributed by atoms with Crippen molar-refractivity contribution in [1.29, 1.82) is 0 Å². The first-order valence-corrected chi connectivity index (χ1v) is 9.92. The predicted octanol–water partition coefficient (Wildman–Crippen LogP) is 3.74. The number of carbonyl (C=O) groups excluding carboxylic acids is 2. The molecule has 0 bridgehead atoms. The Morgan fingerprint density at radius 3 is 2.43 bits per heavy atom. The summed E-state index contributed by atoms with van der Waals surface area (Å²) in [5.74, 6) is -1.57. The molecule has 2 N–H and O–H groups in total. The Balaban J connectivity index is 1.74. The zero-order chi connectivity index (χ0) is 20.3. The lowest BCUT2D eigenvalue weighted by molar-refractivity contribution is -0.128. The average molecular weight is 462 g/mol. The van der Waals surface area contributed by atoms with Crippen LogP contribution in [0.4, 0.5) is 11.4 Å². The third-order valence-corrected chi connectivity index (χ3v) is 5.78. The molecule has 28 heavy (non-hydrogen) atoms. The van der Waals surface area contributed by atoms with Gasteiger partial charge in [0.1, 0.15) is 5.25 Å². The van der Waals surface area contributed by atoms with Crippen molar-refractivity contribution in [2.75, 3.05) is 12.4 Å². The van der Waals surface area contributed by atoms with E-state index in [0.717, 1.165) is 4.47 Å². The average Bonchev–Trinajstić information content (AvgIpc) is 2.67. The lowest BCUT2D eigenvalue weighted by Crippen LogP contribution is -2.43. The summed E-state index contributed by atoms with van der Waals surface area (Å²) in [5.41, 5.74) is 1.27. The summed E-state index contributed by atoms with van der Waals surface area (Å²) in [6.45, 7) is 0. The summed E-state index contributed by atoms with van der Waals surface area (Å²) in [7, 11) is 1.63. The molecule has 0 radical (unpaired) electrons. The number of nitrogens with zero attached hydrogens (tertiary/aromatic N) is 2. The number of carboxylic acid groups (broad SMARTS) is 1. The van der Waals surface area contributed by atoms with Crippen LogP contribution in [0.1, 0.15) is 16.8 Å². The van der Waals surface area contributed by atoms with Crippen molar-refractivity contribution in [1.82, 2.24) is 4.90 Å². The van der Waals surface area contributed by atoms with E-state index in [1.807, 2.05) is 24.3 Å². The van der Waals surface area contributed by atoms with Crippen LogP contribution in [-0.4, -0.2) is 45.3 Å². The third-order valence-electron chi connectivity index (χ3n) is 4.01. The molecule has 1 aliphatic heterocycles. The molecule has 1 fully saturated rings. The molecule has 1 saturated heterocycles. The van der Waals surface area contributed by atoms with Crippen molar-refractivity contribution in [3.8, 4) is 0 Å². The Kier molecular flexibility index (Phi) is 6.15. The number of carboxylic acids is 1. The molecule has 1 atom stereocenters. The number of rotatable bonds is 4. The minimum absolute atomic E-state index is 0.0551. The van der Waals surface area contributed by atoms with E-state index in [2.05, 4.69) is 26.2 Å². The summed E-state index contributed by atoms with van der Waals surface area (Å²) in [4.78, 5) is 41.7. The van der Waals surface area contributed by atoms with E-state index in [9.17, 15) is 14.4 Å². The van der Waals surface area contributed by atoms with E-state index >= 15 is 0 Å². The van der Waals surface area contributed by atoms with Gasteiger partial charge in [-0.3, -0.25) is 14.5 Å². The second kappa shape index (κ2) is 8.57. The first-order chi connectivity index (χ1) is 13.3. The van der Waals surface area contributed by atoms with E-state index in [1.54, 1.807) is 7.05 Å². The van der Waals surface area contributed by atoms with Gasteiger partial charge in [-0.05, 0) is 48.5 Å². The second-order valence-electron chi connectivity index (χ2n) is 6.01. The maximum Gasteiger partial charge on any atom is 0.335 e. The molecule has 2 aromatic rings. The van der Waals surface area contributed by atoms with Gasteiger partial charge in [0, 0.05) is 23.6 Å². The number of thioether (sulfide) groups is 1. The van der Waals surface area contributed by atoms with Gasteiger partial charge in [-0.2, -0.15) is 0 Å². The van der Waals surface area contributed by atoms with Gasteiger partial charge in [0.25, 0.3) is 0 Å². The normalized spacial score (nSPS) is 18.2. The van der Waals surface area contributed by atoms with Crippen molar-refractivity contribution in [3.05, 3.63) is 58.6 Å². The first kappa shape index (κ1) is 20.1. The number of amidine groups is 1. The molecule has 0 spiro atoms. The van der Waals surface area contributed by atoms with Crippen molar-refractivity contribution in [2.24, 2.45) is 4.99 Å². The zero-order valence-corrected chi connectivity index (χ0v) is 17.2. The molecule has 3 rings (SSSR count). The van der Waals surface area contributed by atoms with Crippen LogP contribution in [0, 0.1) is 0 Å². The monoisotopic (exact) mass is 461 g/mol. The standard InChI is InChI=1S/C19H16BrN3O4S/c1-23-16(24)10-15(28-19(23)22-14-8-4-12(20)5-9-14)17(25)21-13-6-2-11(3-7-13)18(26)27/h2-9,15H,10H2,1H3,(H,21,25)(H,26,27)/t15-/m0/s1. The van der Waals surface area contributed by atoms with Crippen LogP contribution in [0.15, 0.2) is 58.0 Å². The molecule has 1 heterocycles. The summed E-state index contributed by atoms with van der Waals surface area (Å²) in [6, 6.07) is 13.2. The van der Waals surface area contributed by atoms with E-state index in [-0.39, 0.29) is 23.8 Å². The van der Waals surface area contributed by atoms with Gasteiger partial charge in [-0.25, -0.2) is 9.79 Å². The van der Waals surface area contributed by atoms with Gasteiger partial charge in [-0.1, -0.05) is 27.7 Å². The van der Waals surface area contributed by atoms with Gasteiger partial charge >= 0.3 is 5.97 Å². The van der Waals surface area contributed by atoms with Gasteiger partial charge < -0.3 is 10.4 Å². The van der Waals surface area contributed by atoms with Crippen molar-refractivity contribution in [3.63, 3.8) is 0 Å². The number of hydrogen-bond acceptors (Lipinski definition) is 5. The van der Waals surface area contributed by atoms with Crippen molar-refractivity contribution >= 4 is 62.0 Å². The number of benzene rings is 2. The van der Waals surface area contributed by atoms with Crippen molar-refractivity contribution < 1.29 is 19.5 Å². The molecule has 144 valence electrons. The Hall–Kier alpha value is -2.65. The Bertz CT molecular complexity index is 945. The molecule has 7 nitrogen and oxygen atoms in total. The SMILES string of the molecule is CN1C(=O)C[C@@H](C(=O)Nc2ccc(C(=O)O)cc2)SC1=Nc1ccc(Br)cc1. The number of anilines is 1. The van der Waals surface area contributed by atoms with Crippen LogP contribution in [0.2, 0.25) is 0 Å². The predicted molar refractivity (Wildman–Crippen MR) is 112 cm³/mol. The van der Waals surface area contributed by atoms with Gasteiger partial charge in [-0.15, -0.1) is 0 Å². The zero-order valence-electron chi connectivity index (χ0n) is 14.8. The van der Waals surface area contributed by atoms with E-state index < -0.39 is 11.2 Å². The molecule has 0 saturated carbocycles. The maximum absolute atomic E-state index is 12.6. The summed E-state index contributed by atoms with van der Waals surface area (Å²) >= 11 is 4.58. The highest BCUT2D eigenvalue weighted by Gasteiger charge is 2.34. The van der Waals surface area contributed by atoms with Crippen LogP contribution in [0.3, 0.4) is 0 Å².